The molecule has 0 aromatic heterocycles. The number of rotatable bonds is 0. The molecule has 0 radical (unpaired) electrons. The fraction of sp³-hybridized carbons (Fsp3) is 0.515. The number of hydrogen-bond donors (Lipinski definition) is 3. The van der Waals surface area contributed by atoms with Gasteiger partial charge in [0.2, 0.25) is 10.9 Å². The van der Waals surface area contributed by atoms with Gasteiger partial charge in [-0.3, -0.25) is 9.59 Å². The summed E-state index contributed by atoms with van der Waals surface area (Å²) in [5, 5.41) is 32.4. The quantitative estimate of drug-likeness (QED) is 0.402. The minimum atomic E-state index is -1.01. The number of aliphatic hydroxyl groups is 1. The largest absolute Gasteiger partial charge is 0.504 e. The van der Waals surface area contributed by atoms with Gasteiger partial charge in [0.25, 0.3) is 0 Å². The van der Waals surface area contributed by atoms with E-state index in [0.717, 1.165) is 28.7 Å². The van der Waals surface area contributed by atoms with E-state index in [4.69, 9.17) is 9.47 Å². The van der Waals surface area contributed by atoms with Crippen LogP contribution in [0, 0.1) is 31.1 Å². The summed E-state index contributed by atoms with van der Waals surface area (Å²) < 4.78 is 13.2. The molecule has 2 aromatic rings. The number of allylic oxidation sites excluding steroid dienone is 1. The highest BCUT2D eigenvalue weighted by molar-refractivity contribution is 5.46. The standard InChI is InChI=1S/C33H40O7/c1-18-10-24(34)26(36)15-28-22(18)12-20-14-30(38)33(6)21(17-31(3,4)8-7-9-32(20,5)39-28)13-23-19(2)11-25(35)27(37)16-29(23)40-33/h7-8,10-11,15-16,20-21,30,38H,9,12-14,17H2,1-6H3,(H,34,36)(H,35,37)/t20-,21+,30?,32-,33-/m1/s1. The van der Waals surface area contributed by atoms with E-state index in [0.29, 0.717) is 37.2 Å². The fourth-order valence-electron chi connectivity index (χ4n) is 6.92. The molecule has 40 heavy (non-hydrogen) atoms. The van der Waals surface area contributed by atoms with Gasteiger partial charge in [0.15, 0.2) is 11.5 Å². The van der Waals surface area contributed by atoms with Crippen molar-refractivity contribution in [3.05, 3.63) is 79.1 Å². The summed E-state index contributed by atoms with van der Waals surface area (Å²) in [5.74, 6) is 0.0238. The van der Waals surface area contributed by atoms with E-state index in [2.05, 4.69) is 26.0 Å². The minimum Gasteiger partial charge on any atom is -0.504 e. The van der Waals surface area contributed by atoms with Gasteiger partial charge in [-0.1, -0.05) is 26.0 Å². The van der Waals surface area contributed by atoms with Gasteiger partial charge >= 0.3 is 0 Å². The second-order valence-corrected chi connectivity index (χ2v) is 13.2. The normalized spacial score (nSPS) is 30.7. The van der Waals surface area contributed by atoms with Crippen molar-refractivity contribution >= 4 is 0 Å². The van der Waals surface area contributed by atoms with E-state index < -0.39 is 28.2 Å². The Morgan fingerprint density at radius 2 is 1.32 bits per heavy atom. The predicted octanol–water partition coefficient (Wildman–Crippen LogP) is 4.88. The van der Waals surface area contributed by atoms with Crippen LogP contribution in [0.15, 0.2) is 46.0 Å². The average Bonchev–Trinajstić information content (AvgIpc) is 3.01. The molecule has 0 saturated carbocycles. The van der Waals surface area contributed by atoms with Gasteiger partial charge in [-0.2, -0.15) is 0 Å². The molecular formula is C33H40O7. The van der Waals surface area contributed by atoms with Crippen LogP contribution in [0.25, 0.3) is 0 Å². The van der Waals surface area contributed by atoms with Crippen molar-refractivity contribution in [2.45, 2.75) is 91.0 Å². The number of aromatic hydroxyl groups is 2. The Morgan fingerprint density at radius 1 is 0.800 bits per heavy atom. The molecule has 2 heterocycles. The Balaban J connectivity index is 1.63. The van der Waals surface area contributed by atoms with Gasteiger partial charge in [-0.25, -0.2) is 0 Å². The van der Waals surface area contributed by atoms with Gasteiger partial charge in [0.05, 0.1) is 6.10 Å². The molecule has 0 bridgehead atoms. The van der Waals surface area contributed by atoms with Crippen LogP contribution in [0.5, 0.6) is 23.0 Å². The first-order valence-corrected chi connectivity index (χ1v) is 14.1. The summed E-state index contributed by atoms with van der Waals surface area (Å²) in [6.07, 6.45) is 6.29. The van der Waals surface area contributed by atoms with E-state index in [1.807, 2.05) is 27.7 Å². The third-order valence-corrected chi connectivity index (χ3v) is 9.56. The molecule has 214 valence electrons. The Bertz CT molecular complexity index is 1510. The van der Waals surface area contributed by atoms with Crippen molar-refractivity contribution in [3.63, 3.8) is 0 Å². The van der Waals surface area contributed by atoms with Crippen LogP contribution in [0.4, 0.5) is 0 Å². The van der Waals surface area contributed by atoms with Crippen molar-refractivity contribution in [3.8, 4) is 23.0 Å². The number of ether oxygens (including phenoxy) is 2. The summed E-state index contributed by atoms with van der Waals surface area (Å²) in [5.41, 5.74) is 0.287. The third kappa shape index (κ3) is 4.89. The summed E-state index contributed by atoms with van der Waals surface area (Å²) >= 11 is 0. The van der Waals surface area contributed by atoms with Crippen LogP contribution in [-0.2, 0) is 12.8 Å². The maximum Gasteiger partial charge on any atom is 0.223 e. The molecule has 0 amide bonds. The lowest BCUT2D eigenvalue weighted by Crippen LogP contribution is -2.57. The summed E-state index contributed by atoms with van der Waals surface area (Å²) in [6, 6.07) is 5.68. The zero-order chi connectivity index (χ0) is 29.2. The summed E-state index contributed by atoms with van der Waals surface area (Å²) in [4.78, 5) is 25.0. The first-order chi connectivity index (χ1) is 18.6. The minimum absolute atomic E-state index is 0.0753. The van der Waals surface area contributed by atoms with E-state index in [1.165, 1.54) is 24.3 Å². The lowest BCUT2D eigenvalue weighted by molar-refractivity contribution is -0.117. The molecule has 0 fully saturated rings. The van der Waals surface area contributed by atoms with E-state index in [-0.39, 0.29) is 28.7 Å². The first kappa shape index (κ1) is 28.2. The van der Waals surface area contributed by atoms with Crippen molar-refractivity contribution in [2.75, 3.05) is 0 Å². The van der Waals surface area contributed by atoms with Crippen LogP contribution in [0.3, 0.4) is 0 Å². The zero-order valence-corrected chi connectivity index (χ0v) is 24.2. The van der Waals surface area contributed by atoms with E-state index >= 15 is 0 Å². The number of fused-ring (bicyclic) bond motifs is 4. The van der Waals surface area contributed by atoms with E-state index in [1.54, 1.807) is 0 Å². The number of aliphatic hydroxyl groups excluding tert-OH is 1. The van der Waals surface area contributed by atoms with Gasteiger partial charge in [-0.15, -0.1) is 0 Å². The van der Waals surface area contributed by atoms with Crippen molar-refractivity contribution < 1.29 is 24.8 Å². The molecule has 3 aliphatic rings. The Kier molecular flexibility index (Phi) is 6.81. The summed E-state index contributed by atoms with van der Waals surface area (Å²) in [7, 11) is 0. The maximum atomic E-state index is 12.6. The van der Waals surface area contributed by atoms with Crippen molar-refractivity contribution in [1.29, 1.82) is 0 Å². The second kappa shape index (κ2) is 9.65. The van der Waals surface area contributed by atoms with Gasteiger partial charge < -0.3 is 24.8 Å². The lowest BCUT2D eigenvalue weighted by Gasteiger charge is -2.49. The molecule has 7 heteroatoms. The monoisotopic (exact) mass is 548 g/mol. The fourth-order valence-corrected chi connectivity index (χ4v) is 6.92. The zero-order valence-electron chi connectivity index (χ0n) is 24.2. The van der Waals surface area contributed by atoms with Crippen LogP contribution in [0.1, 0.15) is 69.2 Å². The van der Waals surface area contributed by atoms with Crippen LogP contribution < -0.4 is 20.3 Å². The molecule has 0 spiro atoms. The third-order valence-electron chi connectivity index (χ3n) is 9.56. The molecule has 0 saturated heterocycles. The highest BCUT2D eigenvalue weighted by Gasteiger charge is 2.51. The smallest absolute Gasteiger partial charge is 0.223 e. The molecule has 1 aliphatic carbocycles. The highest BCUT2D eigenvalue weighted by Crippen LogP contribution is 2.49. The molecular weight excluding hydrogens is 508 g/mol. The Hall–Kier alpha value is -3.32. The number of hydrogen-bond acceptors (Lipinski definition) is 7. The van der Waals surface area contributed by atoms with Gasteiger partial charge in [0, 0.05) is 30.4 Å². The molecule has 1 unspecified atom stereocenters. The Labute approximate surface area is 235 Å². The molecule has 2 aromatic carbocycles. The van der Waals surface area contributed by atoms with E-state index in [9.17, 15) is 24.9 Å². The topological polar surface area (TPSA) is 113 Å². The van der Waals surface area contributed by atoms with Gasteiger partial charge in [0.1, 0.15) is 22.7 Å². The van der Waals surface area contributed by atoms with Crippen molar-refractivity contribution in [2.24, 2.45) is 17.3 Å². The van der Waals surface area contributed by atoms with Crippen LogP contribution in [0.2, 0.25) is 0 Å². The van der Waals surface area contributed by atoms with Crippen LogP contribution in [-0.4, -0.2) is 32.6 Å². The molecule has 5 atom stereocenters. The SMILES string of the molecule is Cc1cc(O)c(=O)cc2c1C[C@@H]1CC(O)[C@]3(C)Oc4cc(=O)c(O)cc(C)c4C[C@H]3CC(C)(C)C=CC[C@@]1(C)O2. The summed E-state index contributed by atoms with van der Waals surface area (Å²) in [6.45, 7) is 12.0. The van der Waals surface area contributed by atoms with Gasteiger partial charge in [-0.05, 0) is 93.2 Å². The molecule has 7 nitrogen and oxygen atoms in total. The van der Waals surface area contributed by atoms with Crippen molar-refractivity contribution in [1.82, 2.24) is 0 Å². The molecule has 3 N–H and O–H groups in total. The number of aryl methyl sites for hydroxylation is 2. The molecule has 2 aliphatic heterocycles. The molecule has 5 rings (SSSR count). The first-order valence-electron chi connectivity index (χ1n) is 14.1. The Morgan fingerprint density at radius 3 is 1.90 bits per heavy atom. The van der Waals surface area contributed by atoms with Crippen LogP contribution >= 0.6 is 0 Å². The average molecular weight is 549 g/mol. The maximum absolute atomic E-state index is 12.6. The second-order valence-electron chi connectivity index (χ2n) is 13.2. The highest BCUT2D eigenvalue weighted by atomic mass is 16.5. The predicted molar refractivity (Wildman–Crippen MR) is 153 cm³/mol. The lowest BCUT2D eigenvalue weighted by atomic mass is 9.67.